The third kappa shape index (κ3) is 3.68. The molecule has 6 heteroatoms. The maximum atomic E-state index is 4.49. The largest absolute Gasteiger partial charge is 0.354 e. The number of aromatic nitrogens is 2. The van der Waals surface area contributed by atoms with Gasteiger partial charge in [-0.05, 0) is 43.6 Å². The molecule has 6 nitrogen and oxygen atoms in total. The number of nitrogens with zero attached hydrogens (tertiary/aromatic N) is 5. The number of fused-ring (bicyclic) bond motifs is 2. The zero-order chi connectivity index (χ0) is 17.2. The molecule has 0 spiro atoms. The Balaban J connectivity index is 1.23. The molecule has 0 amide bonds. The fourth-order valence-electron chi connectivity index (χ4n) is 5.13. The minimum absolute atomic E-state index is 0.861. The Morgan fingerprint density at radius 1 is 1.24 bits per heavy atom. The number of piperazine rings is 1. The molecule has 2 heterocycles. The smallest absolute Gasteiger partial charge is 0.193 e. The van der Waals surface area contributed by atoms with Crippen molar-refractivity contribution in [3.05, 3.63) is 18.0 Å². The lowest BCUT2D eigenvalue weighted by molar-refractivity contribution is 0.0958. The highest BCUT2D eigenvalue weighted by molar-refractivity contribution is 5.79. The molecule has 3 aliphatic rings. The van der Waals surface area contributed by atoms with Gasteiger partial charge in [0.15, 0.2) is 5.96 Å². The molecule has 1 saturated heterocycles. The number of aliphatic imine (C=N–C) groups is 1. The van der Waals surface area contributed by atoms with Crippen molar-refractivity contribution in [2.75, 3.05) is 39.8 Å². The molecule has 3 atom stereocenters. The van der Waals surface area contributed by atoms with E-state index in [1.54, 1.807) is 0 Å². The summed E-state index contributed by atoms with van der Waals surface area (Å²) in [6, 6.07) is 0.874. The first-order valence-electron chi connectivity index (χ1n) is 9.91. The van der Waals surface area contributed by atoms with E-state index < -0.39 is 0 Å². The molecule has 1 aromatic rings. The molecule has 138 valence electrons. The zero-order valence-electron chi connectivity index (χ0n) is 15.7. The van der Waals surface area contributed by atoms with Gasteiger partial charge in [-0.1, -0.05) is 6.42 Å². The minimum atomic E-state index is 0.861. The van der Waals surface area contributed by atoms with Crippen LogP contribution in [-0.2, 0) is 6.54 Å². The van der Waals surface area contributed by atoms with E-state index in [1.165, 1.54) is 44.3 Å². The summed E-state index contributed by atoms with van der Waals surface area (Å²) in [6.07, 6.45) is 9.92. The van der Waals surface area contributed by atoms with Gasteiger partial charge in [0.25, 0.3) is 0 Å². The van der Waals surface area contributed by atoms with E-state index in [0.29, 0.717) is 0 Å². The van der Waals surface area contributed by atoms with Crippen LogP contribution >= 0.6 is 0 Å². The second kappa shape index (κ2) is 7.36. The van der Waals surface area contributed by atoms with E-state index in [9.17, 15) is 0 Å². The second-order valence-electron chi connectivity index (χ2n) is 8.02. The molecule has 25 heavy (non-hydrogen) atoms. The zero-order valence-corrected chi connectivity index (χ0v) is 15.7. The molecule has 0 radical (unpaired) electrons. The highest BCUT2D eigenvalue weighted by Gasteiger charge is 2.42. The van der Waals surface area contributed by atoms with Gasteiger partial charge in [-0.3, -0.25) is 14.6 Å². The van der Waals surface area contributed by atoms with Crippen LogP contribution in [0.1, 0.15) is 31.2 Å². The van der Waals surface area contributed by atoms with Crippen LogP contribution in [0.4, 0.5) is 0 Å². The maximum Gasteiger partial charge on any atom is 0.193 e. The Morgan fingerprint density at radius 3 is 2.68 bits per heavy atom. The van der Waals surface area contributed by atoms with Gasteiger partial charge in [0.1, 0.15) is 0 Å². The Hall–Kier alpha value is -1.56. The van der Waals surface area contributed by atoms with E-state index in [1.807, 2.05) is 17.9 Å². The van der Waals surface area contributed by atoms with Crippen molar-refractivity contribution in [2.45, 2.75) is 45.2 Å². The average molecular weight is 345 g/mol. The molecule has 2 aliphatic carbocycles. The monoisotopic (exact) mass is 344 g/mol. The van der Waals surface area contributed by atoms with E-state index >= 15 is 0 Å². The first-order chi connectivity index (χ1) is 12.2. The highest BCUT2D eigenvalue weighted by atomic mass is 15.4. The van der Waals surface area contributed by atoms with Crippen LogP contribution < -0.4 is 5.32 Å². The first kappa shape index (κ1) is 16.9. The van der Waals surface area contributed by atoms with Crippen molar-refractivity contribution in [1.29, 1.82) is 0 Å². The van der Waals surface area contributed by atoms with E-state index in [4.69, 9.17) is 0 Å². The van der Waals surface area contributed by atoms with E-state index in [2.05, 4.69) is 38.3 Å². The number of hydrogen-bond acceptors (Lipinski definition) is 3. The molecular formula is C19H32N6. The average Bonchev–Trinajstić information content (AvgIpc) is 3.36. The van der Waals surface area contributed by atoms with Crippen LogP contribution in [0.2, 0.25) is 0 Å². The molecule has 1 aliphatic heterocycles. The van der Waals surface area contributed by atoms with Crippen molar-refractivity contribution >= 4 is 5.96 Å². The normalized spacial score (nSPS) is 30.2. The van der Waals surface area contributed by atoms with Crippen molar-refractivity contribution in [2.24, 2.45) is 16.8 Å². The number of nitrogens with one attached hydrogen (secondary N) is 1. The summed E-state index contributed by atoms with van der Waals surface area (Å²) in [4.78, 5) is 9.67. The molecule has 1 N–H and O–H groups in total. The topological polar surface area (TPSA) is 48.7 Å². The molecule has 3 fully saturated rings. The van der Waals surface area contributed by atoms with Gasteiger partial charge < -0.3 is 10.2 Å². The van der Waals surface area contributed by atoms with E-state index in [-0.39, 0.29) is 0 Å². The van der Waals surface area contributed by atoms with Gasteiger partial charge in [-0.15, -0.1) is 0 Å². The molecule has 4 rings (SSSR count). The number of guanidine groups is 1. The van der Waals surface area contributed by atoms with Gasteiger partial charge >= 0.3 is 0 Å². The van der Waals surface area contributed by atoms with Crippen LogP contribution in [0.25, 0.3) is 0 Å². The summed E-state index contributed by atoms with van der Waals surface area (Å²) in [7, 11) is 1.89. The third-order valence-corrected chi connectivity index (χ3v) is 6.38. The van der Waals surface area contributed by atoms with Gasteiger partial charge in [0.2, 0.25) is 0 Å². The summed E-state index contributed by atoms with van der Waals surface area (Å²) in [5, 5.41) is 7.85. The Kier molecular flexibility index (Phi) is 4.97. The molecule has 2 saturated carbocycles. The molecule has 3 unspecified atom stereocenters. The Morgan fingerprint density at radius 2 is 2.08 bits per heavy atom. The third-order valence-electron chi connectivity index (χ3n) is 6.38. The highest BCUT2D eigenvalue weighted by Crippen LogP contribution is 2.46. The lowest BCUT2D eigenvalue weighted by atomic mass is 9.93. The van der Waals surface area contributed by atoms with Crippen LogP contribution in [-0.4, -0.2) is 71.4 Å². The minimum Gasteiger partial charge on any atom is -0.354 e. The summed E-state index contributed by atoms with van der Waals surface area (Å²) < 4.78 is 1.99. The standard InChI is InChI=1S/C19H32N6/c1-15-13-22-25(14-15)6-5-21-19(20-2)24-9-7-23(8-10-24)18-12-16-3-4-17(18)11-16/h13-14,16-18H,3-12H2,1-2H3,(H,20,21). The molecular weight excluding hydrogens is 312 g/mol. The lowest BCUT2D eigenvalue weighted by Crippen LogP contribution is -2.55. The fourth-order valence-corrected chi connectivity index (χ4v) is 5.13. The lowest BCUT2D eigenvalue weighted by Gasteiger charge is -2.41. The quantitative estimate of drug-likeness (QED) is 0.665. The second-order valence-corrected chi connectivity index (χ2v) is 8.02. The van der Waals surface area contributed by atoms with E-state index in [0.717, 1.165) is 50.0 Å². The summed E-state index contributed by atoms with van der Waals surface area (Å²) in [5.41, 5.74) is 1.21. The summed E-state index contributed by atoms with van der Waals surface area (Å²) in [6.45, 7) is 8.37. The summed E-state index contributed by atoms with van der Waals surface area (Å²) in [5.74, 6) is 3.07. The van der Waals surface area contributed by atoms with Crippen molar-refractivity contribution in [3.8, 4) is 0 Å². The summed E-state index contributed by atoms with van der Waals surface area (Å²) >= 11 is 0. The van der Waals surface area contributed by atoms with Gasteiger partial charge in [0.05, 0.1) is 12.7 Å². The number of hydrogen-bond donors (Lipinski definition) is 1. The van der Waals surface area contributed by atoms with Crippen LogP contribution in [0.5, 0.6) is 0 Å². The van der Waals surface area contributed by atoms with Gasteiger partial charge in [-0.25, -0.2) is 0 Å². The Labute approximate surface area is 151 Å². The van der Waals surface area contributed by atoms with Crippen LogP contribution in [0, 0.1) is 18.8 Å². The molecule has 1 aromatic heterocycles. The van der Waals surface area contributed by atoms with Crippen LogP contribution in [0.15, 0.2) is 17.4 Å². The fraction of sp³-hybridized carbons (Fsp3) is 0.789. The van der Waals surface area contributed by atoms with Gasteiger partial charge in [0, 0.05) is 52.0 Å². The molecule has 2 bridgehead atoms. The SMILES string of the molecule is CN=C(NCCn1cc(C)cn1)N1CCN(C2CC3CCC2C3)CC1. The molecule has 0 aromatic carbocycles. The van der Waals surface area contributed by atoms with Crippen molar-refractivity contribution in [3.63, 3.8) is 0 Å². The van der Waals surface area contributed by atoms with Gasteiger partial charge in [-0.2, -0.15) is 5.10 Å². The Bertz CT molecular complexity index is 601. The van der Waals surface area contributed by atoms with Crippen LogP contribution in [0.3, 0.4) is 0 Å². The number of aryl methyl sites for hydroxylation is 1. The van der Waals surface area contributed by atoms with Crippen molar-refractivity contribution < 1.29 is 0 Å². The number of rotatable bonds is 4. The predicted octanol–water partition coefficient (Wildman–Crippen LogP) is 1.57. The first-order valence-corrected chi connectivity index (χ1v) is 9.91. The predicted molar refractivity (Wildman–Crippen MR) is 101 cm³/mol. The maximum absolute atomic E-state index is 4.49. The van der Waals surface area contributed by atoms with Crippen molar-refractivity contribution in [1.82, 2.24) is 24.9 Å².